The van der Waals surface area contributed by atoms with Crippen molar-refractivity contribution in [1.29, 1.82) is 0 Å². The number of nitrogens with zero attached hydrogens (tertiary/aromatic N) is 3. The van der Waals surface area contributed by atoms with Crippen LogP contribution in [0.4, 0.5) is 0 Å². The van der Waals surface area contributed by atoms with Crippen LogP contribution in [0.2, 0.25) is 0 Å². The molecule has 0 spiro atoms. The van der Waals surface area contributed by atoms with E-state index >= 15 is 0 Å². The fraction of sp³-hybridized carbons (Fsp3) is 0.235. The number of hydrogen-bond acceptors (Lipinski definition) is 5. The van der Waals surface area contributed by atoms with Gasteiger partial charge in [-0.2, -0.15) is 5.21 Å². The van der Waals surface area contributed by atoms with E-state index in [1.165, 1.54) is 0 Å². The molecule has 0 unspecified atom stereocenters. The summed E-state index contributed by atoms with van der Waals surface area (Å²) < 4.78 is 11.4. The van der Waals surface area contributed by atoms with Gasteiger partial charge in [0.2, 0.25) is 0 Å². The van der Waals surface area contributed by atoms with Crippen LogP contribution in [-0.4, -0.2) is 27.2 Å². The van der Waals surface area contributed by atoms with E-state index in [9.17, 15) is 0 Å². The second-order valence-corrected chi connectivity index (χ2v) is 5.03. The molecule has 6 nitrogen and oxygen atoms in total. The zero-order valence-corrected chi connectivity index (χ0v) is 12.7. The van der Waals surface area contributed by atoms with E-state index in [2.05, 4.69) is 20.6 Å². The molecule has 0 bridgehead atoms. The lowest BCUT2D eigenvalue weighted by atomic mass is 10.2. The number of ether oxygens (including phenoxy) is 2. The van der Waals surface area contributed by atoms with E-state index in [-0.39, 0.29) is 0 Å². The summed E-state index contributed by atoms with van der Waals surface area (Å²) in [4.78, 5) is 0. The number of aromatic nitrogens is 4. The molecule has 3 rings (SSSR count). The average molecular weight is 310 g/mol. The number of rotatable bonds is 8. The van der Waals surface area contributed by atoms with Crippen LogP contribution in [0.5, 0.6) is 11.5 Å². The van der Waals surface area contributed by atoms with Gasteiger partial charge < -0.3 is 9.47 Å². The van der Waals surface area contributed by atoms with Crippen LogP contribution in [-0.2, 0) is 13.0 Å². The summed E-state index contributed by atoms with van der Waals surface area (Å²) in [7, 11) is 0. The number of hydrogen-bond donors (Lipinski definition) is 1. The Hall–Kier alpha value is -2.89. The van der Waals surface area contributed by atoms with Crippen LogP contribution < -0.4 is 9.47 Å². The molecule has 0 aliphatic rings. The maximum absolute atomic E-state index is 5.74. The third-order valence-electron chi connectivity index (χ3n) is 3.27. The molecule has 0 saturated carbocycles. The maximum atomic E-state index is 5.74. The van der Waals surface area contributed by atoms with Gasteiger partial charge in [0.1, 0.15) is 18.1 Å². The summed E-state index contributed by atoms with van der Waals surface area (Å²) in [5.74, 6) is 2.36. The van der Waals surface area contributed by atoms with Crippen LogP contribution in [0.3, 0.4) is 0 Å². The smallest absolute Gasteiger partial charge is 0.174 e. The third kappa shape index (κ3) is 4.81. The lowest BCUT2D eigenvalue weighted by Crippen LogP contribution is -2.00. The van der Waals surface area contributed by atoms with Crippen molar-refractivity contribution < 1.29 is 9.47 Å². The van der Waals surface area contributed by atoms with Gasteiger partial charge in [-0.3, -0.25) is 0 Å². The number of benzene rings is 2. The minimum absolute atomic E-state index is 0.561. The van der Waals surface area contributed by atoms with Gasteiger partial charge in [-0.25, -0.2) is 0 Å². The van der Waals surface area contributed by atoms with E-state index in [1.54, 1.807) is 0 Å². The predicted octanol–water partition coefficient (Wildman–Crippen LogP) is 2.79. The highest BCUT2D eigenvalue weighted by Gasteiger charge is 2.00. The fourth-order valence-electron chi connectivity index (χ4n) is 2.08. The fourth-order valence-corrected chi connectivity index (χ4v) is 2.08. The highest BCUT2D eigenvalue weighted by Crippen LogP contribution is 2.19. The lowest BCUT2D eigenvalue weighted by Gasteiger charge is -2.08. The zero-order valence-electron chi connectivity index (χ0n) is 12.7. The molecule has 3 aromatic rings. The van der Waals surface area contributed by atoms with E-state index in [1.807, 2.05) is 54.6 Å². The molecule has 0 radical (unpaired) electrons. The van der Waals surface area contributed by atoms with E-state index in [0.29, 0.717) is 19.0 Å². The number of tetrazole rings is 1. The Morgan fingerprint density at radius 2 is 1.61 bits per heavy atom. The molecule has 0 atom stereocenters. The van der Waals surface area contributed by atoms with Gasteiger partial charge in [-0.1, -0.05) is 35.5 Å². The molecular weight excluding hydrogens is 292 g/mol. The minimum atomic E-state index is 0.561. The Morgan fingerprint density at radius 1 is 0.870 bits per heavy atom. The third-order valence-corrected chi connectivity index (χ3v) is 3.27. The molecular formula is C17H18N4O2. The van der Waals surface area contributed by atoms with Gasteiger partial charge in [0, 0.05) is 6.42 Å². The summed E-state index contributed by atoms with van der Waals surface area (Å²) in [6.45, 7) is 1.17. The van der Waals surface area contributed by atoms with Gasteiger partial charge in [0.25, 0.3) is 0 Å². The first-order valence-corrected chi connectivity index (χ1v) is 7.52. The van der Waals surface area contributed by atoms with Crippen molar-refractivity contribution in [3.05, 3.63) is 66.0 Å². The van der Waals surface area contributed by atoms with Crippen LogP contribution in [0, 0.1) is 0 Å². The molecule has 0 fully saturated rings. The quantitative estimate of drug-likeness (QED) is 0.648. The first-order valence-electron chi connectivity index (χ1n) is 7.52. The predicted molar refractivity (Wildman–Crippen MR) is 85.2 cm³/mol. The van der Waals surface area contributed by atoms with Crippen LogP contribution in [0.1, 0.15) is 17.8 Å². The van der Waals surface area contributed by atoms with Crippen molar-refractivity contribution >= 4 is 0 Å². The standard InChI is InChI=1S/C17H18N4O2/c1-2-5-14(6-3-1)13-23-16-10-8-15(9-11-16)22-12-4-7-17-18-20-21-19-17/h1-3,5-6,8-11H,4,7,12-13H2,(H,18,19,20,21). The number of nitrogens with one attached hydrogen (secondary N) is 1. The number of aryl methyl sites for hydroxylation is 1. The molecule has 0 saturated heterocycles. The van der Waals surface area contributed by atoms with Crippen molar-refractivity contribution in [2.45, 2.75) is 19.4 Å². The van der Waals surface area contributed by atoms with Crippen LogP contribution >= 0.6 is 0 Å². The Morgan fingerprint density at radius 3 is 2.30 bits per heavy atom. The summed E-state index contributed by atoms with van der Waals surface area (Å²) in [5, 5.41) is 13.7. The molecule has 0 aliphatic carbocycles. The first kappa shape index (κ1) is 15.0. The molecule has 1 heterocycles. The first-order chi connectivity index (χ1) is 11.4. The normalized spacial score (nSPS) is 10.4. The van der Waals surface area contributed by atoms with Crippen molar-refractivity contribution in [3.8, 4) is 11.5 Å². The van der Waals surface area contributed by atoms with Gasteiger partial charge in [-0.05, 0) is 36.2 Å². The second-order valence-electron chi connectivity index (χ2n) is 5.03. The second kappa shape index (κ2) is 7.93. The Kier molecular flexibility index (Phi) is 5.18. The summed E-state index contributed by atoms with van der Waals surface area (Å²) in [5.41, 5.74) is 1.15. The van der Waals surface area contributed by atoms with Crippen LogP contribution in [0.15, 0.2) is 54.6 Å². The molecule has 118 valence electrons. The van der Waals surface area contributed by atoms with Crippen molar-refractivity contribution in [3.63, 3.8) is 0 Å². The molecule has 1 N–H and O–H groups in total. The van der Waals surface area contributed by atoms with Crippen molar-refractivity contribution in [1.82, 2.24) is 20.6 Å². The SMILES string of the molecule is c1ccc(COc2ccc(OCCCc3nn[nH]n3)cc2)cc1. The summed E-state index contributed by atoms with van der Waals surface area (Å²) in [6.07, 6.45) is 1.58. The van der Waals surface area contributed by atoms with E-state index in [4.69, 9.17) is 9.47 Å². The van der Waals surface area contributed by atoms with Gasteiger partial charge in [-0.15, -0.1) is 10.2 Å². The Labute approximate surface area is 134 Å². The molecule has 6 heteroatoms. The Balaban J connectivity index is 1.40. The van der Waals surface area contributed by atoms with Crippen LogP contribution in [0.25, 0.3) is 0 Å². The molecule has 1 aromatic heterocycles. The molecule has 23 heavy (non-hydrogen) atoms. The maximum Gasteiger partial charge on any atom is 0.174 e. The minimum Gasteiger partial charge on any atom is -0.494 e. The van der Waals surface area contributed by atoms with E-state index in [0.717, 1.165) is 29.9 Å². The van der Waals surface area contributed by atoms with Gasteiger partial charge >= 0.3 is 0 Å². The topological polar surface area (TPSA) is 72.9 Å². The summed E-state index contributed by atoms with van der Waals surface area (Å²) in [6, 6.07) is 17.7. The largest absolute Gasteiger partial charge is 0.494 e. The number of aromatic amines is 1. The van der Waals surface area contributed by atoms with Crippen molar-refractivity contribution in [2.75, 3.05) is 6.61 Å². The van der Waals surface area contributed by atoms with Gasteiger partial charge in [0.15, 0.2) is 5.82 Å². The molecule has 0 amide bonds. The Bertz CT molecular complexity index is 684. The molecule has 2 aromatic carbocycles. The highest BCUT2D eigenvalue weighted by atomic mass is 16.5. The monoisotopic (exact) mass is 310 g/mol. The number of H-pyrrole nitrogens is 1. The van der Waals surface area contributed by atoms with Crippen molar-refractivity contribution in [2.24, 2.45) is 0 Å². The highest BCUT2D eigenvalue weighted by molar-refractivity contribution is 5.31. The average Bonchev–Trinajstić information content (AvgIpc) is 3.12. The lowest BCUT2D eigenvalue weighted by molar-refractivity contribution is 0.299. The molecule has 0 aliphatic heterocycles. The summed E-state index contributed by atoms with van der Waals surface area (Å²) >= 11 is 0. The van der Waals surface area contributed by atoms with Gasteiger partial charge in [0.05, 0.1) is 6.61 Å². The van der Waals surface area contributed by atoms with E-state index < -0.39 is 0 Å². The zero-order chi connectivity index (χ0) is 15.7.